The van der Waals surface area contributed by atoms with Crippen LogP contribution in [0.2, 0.25) is 0 Å². The van der Waals surface area contributed by atoms with Gasteiger partial charge in [-0.2, -0.15) is 0 Å². The van der Waals surface area contributed by atoms with E-state index in [2.05, 4.69) is 19.9 Å². The Kier molecular flexibility index (Phi) is 3.51. The van der Waals surface area contributed by atoms with Crippen LogP contribution in [0.1, 0.15) is 46.8 Å². The molecule has 0 saturated heterocycles. The van der Waals surface area contributed by atoms with Crippen molar-refractivity contribution in [3.63, 3.8) is 0 Å². The van der Waals surface area contributed by atoms with E-state index in [1.54, 1.807) is 0 Å². The summed E-state index contributed by atoms with van der Waals surface area (Å²) in [6.07, 6.45) is 0. The third kappa shape index (κ3) is 2.38. The monoisotopic (exact) mass is 206 g/mol. The van der Waals surface area contributed by atoms with E-state index in [9.17, 15) is 4.79 Å². The molecule has 2 nitrogen and oxygen atoms in total. The lowest BCUT2D eigenvalue weighted by Gasteiger charge is -2.13. The Morgan fingerprint density at radius 3 is 2.27 bits per heavy atom. The van der Waals surface area contributed by atoms with Crippen molar-refractivity contribution in [1.82, 2.24) is 0 Å². The van der Waals surface area contributed by atoms with Gasteiger partial charge in [0.05, 0.1) is 12.7 Å². The number of ether oxygens (including phenoxy) is 1. The Bertz CT molecular complexity index is 378. The number of aryl methyl sites for hydroxylation is 2. The van der Waals surface area contributed by atoms with Gasteiger partial charge in [0, 0.05) is 0 Å². The Hall–Kier alpha value is -1.31. The molecular weight excluding hydrogens is 188 g/mol. The number of hydrogen-bond acceptors (Lipinski definition) is 2. The number of carbonyl (C=O) groups is 1. The standard InChI is InChI=1S/C13H18O2/c1-8(2)11-6-10(4)12(7-9(11)3)13(14)15-5/h6-8H,1-5H3. The van der Waals surface area contributed by atoms with Crippen molar-refractivity contribution in [2.24, 2.45) is 0 Å². The van der Waals surface area contributed by atoms with E-state index >= 15 is 0 Å². The van der Waals surface area contributed by atoms with Gasteiger partial charge in [-0.25, -0.2) is 4.79 Å². The van der Waals surface area contributed by atoms with Gasteiger partial charge in [-0.1, -0.05) is 19.9 Å². The number of carbonyl (C=O) groups excluding carboxylic acids is 1. The molecule has 1 rings (SSSR count). The molecule has 0 N–H and O–H groups in total. The van der Waals surface area contributed by atoms with Gasteiger partial charge in [0.15, 0.2) is 0 Å². The fourth-order valence-electron chi connectivity index (χ4n) is 1.79. The first-order valence-electron chi connectivity index (χ1n) is 5.16. The highest BCUT2D eigenvalue weighted by atomic mass is 16.5. The van der Waals surface area contributed by atoms with Crippen molar-refractivity contribution < 1.29 is 9.53 Å². The van der Waals surface area contributed by atoms with E-state index in [1.165, 1.54) is 12.7 Å². The lowest BCUT2D eigenvalue weighted by molar-refractivity contribution is 0.0600. The molecule has 0 spiro atoms. The summed E-state index contributed by atoms with van der Waals surface area (Å²) in [7, 11) is 1.41. The molecule has 1 aromatic rings. The van der Waals surface area contributed by atoms with Crippen LogP contribution in [0.25, 0.3) is 0 Å². The van der Waals surface area contributed by atoms with E-state index in [1.807, 2.05) is 19.9 Å². The second-order valence-electron chi connectivity index (χ2n) is 4.17. The fourth-order valence-corrected chi connectivity index (χ4v) is 1.79. The lowest BCUT2D eigenvalue weighted by Crippen LogP contribution is -2.06. The SMILES string of the molecule is COC(=O)c1cc(C)c(C(C)C)cc1C. The largest absolute Gasteiger partial charge is 0.465 e. The van der Waals surface area contributed by atoms with Gasteiger partial charge in [-0.05, 0) is 42.5 Å². The van der Waals surface area contributed by atoms with Crippen LogP contribution in [0.5, 0.6) is 0 Å². The highest BCUT2D eigenvalue weighted by Crippen LogP contribution is 2.23. The first-order valence-corrected chi connectivity index (χ1v) is 5.16. The highest BCUT2D eigenvalue weighted by molar-refractivity contribution is 5.91. The fraction of sp³-hybridized carbons (Fsp3) is 0.462. The zero-order chi connectivity index (χ0) is 11.6. The summed E-state index contributed by atoms with van der Waals surface area (Å²) in [4.78, 5) is 11.4. The van der Waals surface area contributed by atoms with Gasteiger partial charge in [0.2, 0.25) is 0 Å². The van der Waals surface area contributed by atoms with Crippen LogP contribution in [0.15, 0.2) is 12.1 Å². The zero-order valence-corrected chi connectivity index (χ0v) is 10.0. The van der Waals surface area contributed by atoms with Crippen molar-refractivity contribution in [3.05, 3.63) is 34.4 Å². The Morgan fingerprint density at radius 1 is 1.20 bits per heavy atom. The van der Waals surface area contributed by atoms with Gasteiger partial charge in [0.25, 0.3) is 0 Å². The van der Waals surface area contributed by atoms with Crippen molar-refractivity contribution in [2.45, 2.75) is 33.6 Å². The third-order valence-electron chi connectivity index (χ3n) is 2.64. The average Bonchev–Trinajstić information content (AvgIpc) is 2.19. The molecule has 0 saturated carbocycles. The second-order valence-corrected chi connectivity index (χ2v) is 4.17. The van der Waals surface area contributed by atoms with Crippen LogP contribution in [-0.2, 0) is 4.74 Å². The van der Waals surface area contributed by atoms with Gasteiger partial charge in [-0.15, -0.1) is 0 Å². The Balaban J connectivity index is 3.25. The third-order valence-corrected chi connectivity index (χ3v) is 2.64. The molecule has 82 valence electrons. The number of benzene rings is 1. The summed E-state index contributed by atoms with van der Waals surface area (Å²) >= 11 is 0. The topological polar surface area (TPSA) is 26.3 Å². The molecule has 2 heteroatoms. The molecule has 0 bridgehead atoms. The molecule has 0 heterocycles. The Morgan fingerprint density at radius 2 is 1.80 bits per heavy atom. The van der Waals surface area contributed by atoms with E-state index in [4.69, 9.17) is 4.74 Å². The molecule has 0 amide bonds. The molecular formula is C13H18O2. The maximum Gasteiger partial charge on any atom is 0.338 e. The smallest absolute Gasteiger partial charge is 0.338 e. The van der Waals surface area contributed by atoms with Crippen LogP contribution >= 0.6 is 0 Å². The molecule has 0 atom stereocenters. The minimum absolute atomic E-state index is 0.258. The van der Waals surface area contributed by atoms with E-state index in [0.717, 1.165) is 11.1 Å². The predicted octanol–water partition coefficient (Wildman–Crippen LogP) is 3.21. The first kappa shape index (κ1) is 11.8. The normalized spacial score (nSPS) is 10.5. The van der Waals surface area contributed by atoms with E-state index < -0.39 is 0 Å². The second kappa shape index (κ2) is 4.47. The molecule has 0 aromatic heterocycles. The quantitative estimate of drug-likeness (QED) is 0.694. The summed E-state index contributed by atoms with van der Waals surface area (Å²) in [5.41, 5.74) is 4.09. The van der Waals surface area contributed by atoms with Crippen molar-refractivity contribution in [1.29, 1.82) is 0 Å². The summed E-state index contributed by atoms with van der Waals surface area (Å²) in [5, 5.41) is 0. The summed E-state index contributed by atoms with van der Waals surface area (Å²) < 4.78 is 4.73. The average molecular weight is 206 g/mol. The maximum atomic E-state index is 11.4. The first-order chi connectivity index (χ1) is 6.97. The van der Waals surface area contributed by atoms with Crippen LogP contribution in [0.3, 0.4) is 0 Å². The highest BCUT2D eigenvalue weighted by Gasteiger charge is 2.12. The number of rotatable bonds is 2. The molecule has 0 radical (unpaired) electrons. The van der Waals surface area contributed by atoms with E-state index in [0.29, 0.717) is 11.5 Å². The van der Waals surface area contributed by atoms with Crippen LogP contribution < -0.4 is 0 Å². The van der Waals surface area contributed by atoms with Crippen molar-refractivity contribution in [2.75, 3.05) is 7.11 Å². The van der Waals surface area contributed by atoms with Crippen LogP contribution in [0, 0.1) is 13.8 Å². The van der Waals surface area contributed by atoms with Crippen molar-refractivity contribution in [3.8, 4) is 0 Å². The summed E-state index contributed by atoms with van der Waals surface area (Å²) in [6, 6.07) is 3.99. The Labute approximate surface area is 91.3 Å². The van der Waals surface area contributed by atoms with Gasteiger partial charge >= 0.3 is 5.97 Å². The van der Waals surface area contributed by atoms with Crippen molar-refractivity contribution >= 4 is 5.97 Å². The molecule has 0 aliphatic carbocycles. The summed E-state index contributed by atoms with van der Waals surface area (Å²) in [6.45, 7) is 8.28. The predicted molar refractivity (Wildman–Crippen MR) is 61.3 cm³/mol. The molecule has 0 fully saturated rings. The van der Waals surface area contributed by atoms with E-state index in [-0.39, 0.29) is 5.97 Å². The molecule has 1 aromatic carbocycles. The molecule has 0 unspecified atom stereocenters. The van der Waals surface area contributed by atoms with Gasteiger partial charge in [0.1, 0.15) is 0 Å². The van der Waals surface area contributed by atoms with Crippen LogP contribution in [0.4, 0.5) is 0 Å². The van der Waals surface area contributed by atoms with Gasteiger partial charge < -0.3 is 4.74 Å². The number of methoxy groups -OCH3 is 1. The van der Waals surface area contributed by atoms with Gasteiger partial charge in [-0.3, -0.25) is 0 Å². The van der Waals surface area contributed by atoms with Crippen LogP contribution in [-0.4, -0.2) is 13.1 Å². The number of hydrogen-bond donors (Lipinski definition) is 0. The number of esters is 1. The minimum Gasteiger partial charge on any atom is -0.465 e. The zero-order valence-electron chi connectivity index (χ0n) is 10.0. The summed E-state index contributed by atoms with van der Waals surface area (Å²) in [5.74, 6) is 0.223. The lowest BCUT2D eigenvalue weighted by atomic mass is 9.93. The maximum absolute atomic E-state index is 11.4. The molecule has 0 aliphatic rings. The molecule has 15 heavy (non-hydrogen) atoms. The minimum atomic E-state index is -0.258. The molecule has 0 aliphatic heterocycles.